The van der Waals surface area contributed by atoms with Gasteiger partial charge < -0.3 is 15.0 Å². The van der Waals surface area contributed by atoms with Crippen molar-refractivity contribution in [1.29, 1.82) is 0 Å². The second kappa shape index (κ2) is 8.81. The highest BCUT2D eigenvalue weighted by atomic mass is 19.1. The Morgan fingerprint density at radius 2 is 1.93 bits per heavy atom. The van der Waals surface area contributed by atoms with Crippen molar-refractivity contribution < 1.29 is 9.13 Å². The van der Waals surface area contributed by atoms with Crippen molar-refractivity contribution >= 4 is 5.96 Å². The maximum absolute atomic E-state index is 13.9. The second-order valence-corrected chi connectivity index (χ2v) is 8.78. The van der Waals surface area contributed by atoms with Gasteiger partial charge in [-0.3, -0.25) is 4.99 Å². The highest BCUT2D eigenvalue weighted by Gasteiger charge is 2.37. The van der Waals surface area contributed by atoms with Crippen molar-refractivity contribution in [2.75, 3.05) is 39.4 Å². The van der Waals surface area contributed by atoms with E-state index in [1.54, 1.807) is 6.07 Å². The molecule has 5 heteroatoms. The predicted octanol–water partition coefficient (Wildman–Crippen LogP) is 3.96. The number of guanidine groups is 1. The van der Waals surface area contributed by atoms with E-state index in [1.807, 2.05) is 6.07 Å². The van der Waals surface area contributed by atoms with Crippen molar-refractivity contribution in [1.82, 2.24) is 10.2 Å². The van der Waals surface area contributed by atoms with Gasteiger partial charge in [0, 0.05) is 38.3 Å². The van der Waals surface area contributed by atoms with Crippen LogP contribution in [0.3, 0.4) is 0 Å². The van der Waals surface area contributed by atoms with E-state index in [4.69, 9.17) is 9.73 Å². The van der Waals surface area contributed by atoms with Gasteiger partial charge in [0.1, 0.15) is 5.82 Å². The third kappa shape index (κ3) is 4.19. The van der Waals surface area contributed by atoms with Crippen LogP contribution in [0.15, 0.2) is 29.3 Å². The smallest absolute Gasteiger partial charge is 0.193 e. The number of hydrogen-bond donors (Lipinski definition) is 1. The minimum absolute atomic E-state index is 0.131. The molecule has 0 amide bonds. The quantitative estimate of drug-likeness (QED) is 0.628. The molecular formula is C23H34FN3O. The molecule has 0 radical (unpaired) electrons. The fourth-order valence-corrected chi connectivity index (χ4v) is 5.35. The fourth-order valence-electron chi connectivity index (χ4n) is 5.35. The number of nitrogens with zero attached hydrogens (tertiary/aromatic N) is 2. The Morgan fingerprint density at radius 1 is 1.21 bits per heavy atom. The summed E-state index contributed by atoms with van der Waals surface area (Å²) >= 11 is 0. The summed E-state index contributed by atoms with van der Waals surface area (Å²) in [4.78, 5) is 7.58. The lowest BCUT2D eigenvalue weighted by Gasteiger charge is -2.37. The third-order valence-electron chi connectivity index (χ3n) is 7.03. The number of ether oxygens (including phenoxy) is 1. The van der Waals surface area contributed by atoms with E-state index < -0.39 is 0 Å². The molecule has 154 valence electrons. The van der Waals surface area contributed by atoms with Crippen LogP contribution in [0.4, 0.5) is 4.39 Å². The summed E-state index contributed by atoms with van der Waals surface area (Å²) in [5.41, 5.74) is 0.929. The Hall–Kier alpha value is -1.62. The van der Waals surface area contributed by atoms with Gasteiger partial charge >= 0.3 is 0 Å². The topological polar surface area (TPSA) is 36.9 Å². The first-order chi connectivity index (χ1) is 13.7. The molecule has 1 aliphatic carbocycles. The monoisotopic (exact) mass is 387 g/mol. The first-order valence-electron chi connectivity index (χ1n) is 11.1. The number of benzene rings is 1. The first-order valence-corrected chi connectivity index (χ1v) is 11.1. The number of hydrogen-bond acceptors (Lipinski definition) is 2. The second-order valence-electron chi connectivity index (χ2n) is 8.78. The number of aliphatic imine (C=N–C) groups is 1. The van der Waals surface area contributed by atoms with E-state index in [9.17, 15) is 4.39 Å². The molecule has 4 nitrogen and oxygen atoms in total. The molecule has 1 aromatic carbocycles. The zero-order chi connectivity index (χ0) is 19.4. The summed E-state index contributed by atoms with van der Waals surface area (Å²) < 4.78 is 19.6. The van der Waals surface area contributed by atoms with Crippen molar-refractivity contribution in [2.45, 2.75) is 50.9 Å². The predicted molar refractivity (Wildman–Crippen MR) is 111 cm³/mol. The zero-order valence-electron chi connectivity index (χ0n) is 17.1. The Balaban J connectivity index is 1.55. The van der Waals surface area contributed by atoms with Crippen LogP contribution in [0.5, 0.6) is 0 Å². The van der Waals surface area contributed by atoms with Gasteiger partial charge in [0.15, 0.2) is 5.96 Å². The van der Waals surface area contributed by atoms with Crippen molar-refractivity contribution in [3.05, 3.63) is 35.6 Å². The molecule has 2 heterocycles. The normalized spacial score (nSPS) is 27.5. The molecule has 1 aromatic rings. The number of nitrogens with one attached hydrogen (secondary N) is 1. The van der Waals surface area contributed by atoms with Gasteiger partial charge in [0.2, 0.25) is 0 Å². The number of likely N-dealkylation sites (tertiary alicyclic amines) is 1. The molecule has 0 aromatic heterocycles. The van der Waals surface area contributed by atoms with Crippen LogP contribution >= 0.6 is 0 Å². The van der Waals surface area contributed by atoms with Gasteiger partial charge in [-0.25, -0.2) is 4.39 Å². The largest absolute Gasteiger partial charge is 0.381 e. The summed E-state index contributed by atoms with van der Waals surface area (Å²) in [6, 6.07) is 7.09. The molecule has 4 rings (SSSR count). The van der Waals surface area contributed by atoms with Crippen molar-refractivity contribution in [2.24, 2.45) is 16.8 Å². The van der Waals surface area contributed by atoms with Crippen molar-refractivity contribution in [3.8, 4) is 0 Å². The molecule has 0 bridgehead atoms. The molecule has 2 saturated heterocycles. The number of fused-ring (bicyclic) bond motifs is 1. The van der Waals surface area contributed by atoms with Crippen LogP contribution in [0, 0.1) is 17.7 Å². The van der Waals surface area contributed by atoms with Gasteiger partial charge in [-0.2, -0.15) is 0 Å². The van der Waals surface area contributed by atoms with Crippen LogP contribution in [0.2, 0.25) is 0 Å². The van der Waals surface area contributed by atoms with E-state index in [1.165, 1.54) is 31.7 Å². The number of rotatable bonds is 4. The van der Waals surface area contributed by atoms with E-state index in [2.05, 4.69) is 23.2 Å². The van der Waals surface area contributed by atoms with Crippen LogP contribution in [0.25, 0.3) is 0 Å². The molecule has 3 aliphatic rings. The lowest BCUT2D eigenvalue weighted by atomic mass is 9.74. The molecule has 1 saturated carbocycles. The van der Waals surface area contributed by atoms with Gasteiger partial charge in [-0.15, -0.1) is 0 Å². The van der Waals surface area contributed by atoms with Crippen molar-refractivity contribution in [3.63, 3.8) is 0 Å². The lowest BCUT2D eigenvalue weighted by molar-refractivity contribution is 0.0529. The average Bonchev–Trinajstić information content (AvgIpc) is 3.16. The zero-order valence-corrected chi connectivity index (χ0v) is 17.1. The Morgan fingerprint density at radius 3 is 2.57 bits per heavy atom. The summed E-state index contributed by atoms with van der Waals surface area (Å²) in [6.07, 6.45) is 7.28. The molecule has 1 N–H and O–H groups in total. The van der Waals surface area contributed by atoms with E-state index >= 15 is 0 Å². The van der Waals surface area contributed by atoms with Gasteiger partial charge in [-0.1, -0.05) is 25.0 Å². The molecule has 0 spiro atoms. The molecular weight excluding hydrogens is 353 g/mol. The highest BCUT2D eigenvalue weighted by Crippen LogP contribution is 2.37. The lowest BCUT2D eigenvalue weighted by Crippen LogP contribution is -2.43. The summed E-state index contributed by atoms with van der Waals surface area (Å²) in [5, 5.41) is 3.52. The third-order valence-corrected chi connectivity index (χ3v) is 7.03. The standard InChI is InChI=1S/C23H34FN3O/c1-2-25-22(27-15-18-6-3-4-7-19(18)16-27)26-17-23(10-12-28-13-11-23)20-8-5-9-21(24)14-20/h5,8-9,14,18-19H,2-4,6-7,10-13,15-17H2,1H3,(H,25,26). The van der Waals surface area contributed by atoms with E-state index in [0.29, 0.717) is 6.54 Å². The van der Waals surface area contributed by atoms with E-state index in [0.717, 1.165) is 69.0 Å². The Labute approximate surface area is 168 Å². The van der Waals surface area contributed by atoms with Gasteiger partial charge in [-0.05, 0) is 62.1 Å². The maximum atomic E-state index is 13.9. The molecule has 28 heavy (non-hydrogen) atoms. The maximum Gasteiger partial charge on any atom is 0.193 e. The Bertz CT molecular complexity index is 672. The van der Waals surface area contributed by atoms with Gasteiger partial charge in [0.05, 0.1) is 6.54 Å². The summed E-state index contributed by atoms with van der Waals surface area (Å²) in [6.45, 7) is 7.40. The minimum Gasteiger partial charge on any atom is -0.381 e. The van der Waals surface area contributed by atoms with Gasteiger partial charge in [0.25, 0.3) is 0 Å². The summed E-state index contributed by atoms with van der Waals surface area (Å²) in [7, 11) is 0. The van der Waals surface area contributed by atoms with Crippen LogP contribution in [0.1, 0.15) is 51.0 Å². The van der Waals surface area contributed by atoms with Crippen LogP contribution in [-0.4, -0.2) is 50.3 Å². The molecule has 2 aliphatic heterocycles. The Kier molecular flexibility index (Phi) is 6.19. The average molecular weight is 388 g/mol. The SMILES string of the molecule is CCNC(=NCC1(c2cccc(F)c2)CCOCC1)N1CC2CCCCC2C1. The van der Waals surface area contributed by atoms with E-state index in [-0.39, 0.29) is 11.2 Å². The summed E-state index contributed by atoms with van der Waals surface area (Å²) in [5.74, 6) is 2.54. The molecule has 2 atom stereocenters. The highest BCUT2D eigenvalue weighted by molar-refractivity contribution is 5.80. The molecule has 2 unspecified atom stereocenters. The number of halogens is 1. The minimum atomic E-state index is -0.164. The van der Waals surface area contributed by atoms with Crippen LogP contribution < -0.4 is 5.32 Å². The molecule has 3 fully saturated rings. The van der Waals surface area contributed by atoms with Crippen LogP contribution in [-0.2, 0) is 10.2 Å². The fraction of sp³-hybridized carbons (Fsp3) is 0.696. The first kappa shape index (κ1) is 19.7.